The third-order valence-corrected chi connectivity index (χ3v) is 7.24. The number of carbonyl (C=O) groups excluding carboxylic acids is 1. The number of fused-ring (bicyclic) bond motifs is 1. The lowest BCUT2D eigenvalue weighted by Crippen LogP contribution is -2.29. The Hall–Kier alpha value is -2.84. The Labute approximate surface area is 176 Å². The molecule has 156 valence electrons. The van der Waals surface area contributed by atoms with Crippen LogP contribution in [0, 0.1) is 6.92 Å². The van der Waals surface area contributed by atoms with Gasteiger partial charge in [-0.2, -0.15) is 4.31 Å². The molecule has 0 bridgehead atoms. The normalized spacial score (nSPS) is 14.9. The molecule has 0 aliphatic carbocycles. The van der Waals surface area contributed by atoms with Gasteiger partial charge in [0, 0.05) is 36.8 Å². The van der Waals surface area contributed by atoms with E-state index in [1.165, 1.54) is 15.3 Å². The fourth-order valence-corrected chi connectivity index (χ4v) is 5.30. The van der Waals surface area contributed by atoms with Crippen molar-refractivity contribution in [2.24, 2.45) is 0 Å². The minimum Gasteiger partial charge on any atom is -0.334 e. The van der Waals surface area contributed by atoms with E-state index in [4.69, 9.17) is 0 Å². The molecule has 30 heavy (non-hydrogen) atoms. The minimum atomic E-state index is -3.57. The molecule has 0 N–H and O–H groups in total. The number of hydrogen-bond donors (Lipinski definition) is 0. The van der Waals surface area contributed by atoms with Crippen LogP contribution in [0.4, 0.5) is 0 Å². The average molecular weight is 425 g/mol. The summed E-state index contributed by atoms with van der Waals surface area (Å²) < 4.78 is 27.1. The lowest BCUT2D eigenvalue weighted by Gasteiger charge is -2.19. The molecule has 0 unspecified atom stereocenters. The topological polar surface area (TPSA) is 83.5 Å². The number of amides is 1. The molecule has 0 radical (unpaired) electrons. The van der Waals surface area contributed by atoms with Gasteiger partial charge in [-0.1, -0.05) is 24.3 Å². The van der Waals surface area contributed by atoms with Gasteiger partial charge in [0.15, 0.2) is 0 Å². The van der Waals surface area contributed by atoms with Crippen LogP contribution in [-0.4, -0.2) is 53.6 Å². The van der Waals surface area contributed by atoms with Crippen molar-refractivity contribution in [1.29, 1.82) is 0 Å². The Balaban J connectivity index is 1.56. The quantitative estimate of drug-likeness (QED) is 0.629. The lowest BCUT2D eigenvalue weighted by molar-refractivity contribution is 0.0781. The Morgan fingerprint density at radius 1 is 1.07 bits per heavy atom. The molecule has 4 rings (SSSR count). The minimum absolute atomic E-state index is 0.154. The molecule has 1 aliphatic rings. The summed E-state index contributed by atoms with van der Waals surface area (Å²) in [6.07, 6.45) is 1.73. The van der Waals surface area contributed by atoms with E-state index in [0.29, 0.717) is 24.5 Å². The maximum absolute atomic E-state index is 13.0. The van der Waals surface area contributed by atoms with Crippen molar-refractivity contribution in [2.75, 3.05) is 20.1 Å². The zero-order valence-corrected chi connectivity index (χ0v) is 17.9. The fraction of sp³-hybridized carbons (Fsp3) is 0.318. The number of sulfonamides is 1. The van der Waals surface area contributed by atoms with Gasteiger partial charge in [0.1, 0.15) is 5.82 Å². The number of nitrogens with zero attached hydrogens (tertiary/aromatic N) is 4. The third-order valence-electron chi connectivity index (χ3n) is 5.35. The maximum Gasteiger partial charge on any atom is 0.254 e. The highest BCUT2D eigenvalue weighted by molar-refractivity contribution is 7.89. The molecule has 1 aliphatic heterocycles. The number of hydrogen-bond acceptors (Lipinski definition) is 5. The zero-order valence-electron chi connectivity index (χ0n) is 17.1. The van der Waals surface area contributed by atoms with Crippen molar-refractivity contribution < 1.29 is 13.2 Å². The van der Waals surface area contributed by atoms with Crippen LogP contribution in [0.2, 0.25) is 0 Å². The SMILES string of the molecule is Cc1nc(CN(C)C(=O)c2cccc(S(=O)(=O)N3CCCC3)c2)nc2ccccc12. The van der Waals surface area contributed by atoms with Gasteiger partial charge in [-0.05, 0) is 44.0 Å². The molecule has 8 heteroatoms. The molecule has 1 fully saturated rings. The third kappa shape index (κ3) is 3.93. The Kier molecular flexibility index (Phi) is 5.53. The number of aryl methyl sites for hydroxylation is 1. The predicted octanol–water partition coefficient (Wildman–Crippen LogP) is 2.99. The van der Waals surface area contributed by atoms with E-state index in [1.54, 1.807) is 25.2 Å². The smallest absolute Gasteiger partial charge is 0.254 e. The van der Waals surface area contributed by atoms with Crippen molar-refractivity contribution in [3.8, 4) is 0 Å². The van der Waals surface area contributed by atoms with E-state index in [0.717, 1.165) is 29.4 Å². The molecule has 2 aromatic carbocycles. The van der Waals surface area contributed by atoms with E-state index >= 15 is 0 Å². The Bertz CT molecular complexity index is 1200. The van der Waals surface area contributed by atoms with Gasteiger partial charge in [0.25, 0.3) is 5.91 Å². The summed E-state index contributed by atoms with van der Waals surface area (Å²) in [5, 5.41) is 0.982. The predicted molar refractivity (Wildman–Crippen MR) is 115 cm³/mol. The maximum atomic E-state index is 13.0. The van der Waals surface area contributed by atoms with E-state index in [9.17, 15) is 13.2 Å². The first-order valence-electron chi connectivity index (χ1n) is 9.94. The monoisotopic (exact) mass is 424 g/mol. The standard InChI is InChI=1S/C22H24N4O3S/c1-16-19-10-3-4-11-20(19)24-21(23-16)15-25(2)22(27)17-8-7-9-18(14-17)30(28,29)26-12-5-6-13-26/h3-4,7-11,14H,5-6,12-13,15H2,1-2H3. The molecule has 0 spiro atoms. The summed E-state index contributed by atoms with van der Waals surface area (Å²) in [5.41, 5.74) is 2.02. The van der Waals surface area contributed by atoms with Crippen molar-refractivity contribution in [3.05, 3.63) is 65.6 Å². The number of rotatable bonds is 5. The van der Waals surface area contributed by atoms with Crippen molar-refractivity contribution in [1.82, 2.24) is 19.2 Å². The molecule has 7 nitrogen and oxygen atoms in total. The average Bonchev–Trinajstić information content (AvgIpc) is 3.29. The molecule has 2 heterocycles. The van der Waals surface area contributed by atoms with Crippen molar-refractivity contribution in [2.45, 2.75) is 31.2 Å². The summed E-state index contributed by atoms with van der Waals surface area (Å²) >= 11 is 0. The second kappa shape index (κ2) is 8.12. The van der Waals surface area contributed by atoms with Crippen LogP contribution in [0.1, 0.15) is 34.7 Å². The van der Waals surface area contributed by atoms with Crippen LogP contribution < -0.4 is 0 Å². The van der Waals surface area contributed by atoms with Crippen LogP contribution in [-0.2, 0) is 16.6 Å². The first-order chi connectivity index (χ1) is 14.4. The van der Waals surface area contributed by atoms with Gasteiger partial charge in [-0.25, -0.2) is 18.4 Å². The molecule has 0 saturated carbocycles. The number of para-hydroxylation sites is 1. The highest BCUT2D eigenvalue weighted by Crippen LogP contribution is 2.22. The summed E-state index contributed by atoms with van der Waals surface area (Å²) in [6.45, 7) is 3.20. The van der Waals surface area contributed by atoms with Gasteiger partial charge < -0.3 is 4.90 Å². The zero-order chi connectivity index (χ0) is 21.3. The van der Waals surface area contributed by atoms with E-state index < -0.39 is 10.0 Å². The fourth-order valence-electron chi connectivity index (χ4n) is 3.74. The number of benzene rings is 2. The van der Waals surface area contributed by atoms with Crippen LogP contribution in [0.15, 0.2) is 53.4 Å². The first kappa shape index (κ1) is 20.4. The Morgan fingerprint density at radius 3 is 2.57 bits per heavy atom. The first-order valence-corrected chi connectivity index (χ1v) is 11.4. The van der Waals surface area contributed by atoms with Gasteiger partial charge >= 0.3 is 0 Å². The van der Waals surface area contributed by atoms with Crippen molar-refractivity contribution in [3.63, 3.8) is 0 Å². The van der Waals surface area contributed by atoms with Crippen LogP contribution in [0.3, 0.4) is 0 Å². The van der Waals surface area contributed by atoms with Gasteiger partial charge in [-0.3, -0.25) is 4.79 Å². The largest absolute Gasteiger partial charge is 0.334 e. The molecular formula is C22H24N4O3S. The summed E-state index contributed by atoms with van der Waals surface area (Å²) in [4.78, 5) is 23.7. The van der Waals surface area contributed by atoms with Gasteiger partial charge in [0.05, 0.1) is 17.0 Å². The van der Waals surface area contributed by atoms with E-state index in [1.807, 2.05) is 31.2 Å². The molecule has 1 aromatic heterocycles. The molecule has 1 saturated heterocycles. The van der Waals surface area contributed by atoms with Crippen molar-refractivity contribution >= 4 is 26.8 Å². The molecule has 1 amide bonds. The summed E-state index contributed by atoms with van der Waals surface area (Å²) in [7, 11) is -1.91. The molecular weight excluding hydrogens is 400 g/mol. The lowest BCUT2D eigenvalue weighted by atomic mass is 10.2. The Morgan fingerprint density at radius 2 is 1.80 bits per heavy atom. The highest BCUT2D eigenvalue weighted by Gasteiger charge is 2.28. The van der Waals surface area contributed by atoms with Crippen LogP contribution >= 0.6 is 0 Å². The van der Waals surface area contributed by atoms with Gasteiger partial charge in [-0.15, -0.1) is 0 Å². The molecule has 3 aromatic rings. The highest BCUT2D eigenvalue weighted by atomic mass is 32.2. The number of carbonyl (C=O) groups is 1. The second-order valence-corrected chi connectivity index (χ2v) is 9.48. The summed E-state index contributed by atoms with van der Waals surface area (Å²) in [5.74, 6) is 0.269. The van der Waals surface area contributed by atoms with Crippen LogP contribution in [0.5, 0.6) is 0 Å². The van der Waals surface area contributed by atoms with E-state index in [-0.39, 0.29) is 17.3 Å². The molecule has 0 atom stereocenters. The van der Waals surface area contributed by atoms with Crippen LogP contribution in [0.25, 0.3) is 10.9 Å². The van der Waals surface area contributed by atoms with Gasteiger partial charge in [0.2, 0.25) is 10.0 Å². The number of aromatic nitrogens is 2. The second-order valence-electron chi connectivity index (χ2n) is 7.54. The summed E-state index contributed by atoms with van der Waals surface area (Å²) in [6, 6.07) is 14.0. The van der Waals surface area contributed by atoms with E-state index in [2.05, 4.69) is 9.97 Å².